The molecule has 5 heteroatoms. The predicted molar refractivity (Wildman–Crippen MR) is 75.4 cm³/mol. The highest BCUT2D eigenvalue weighted by Crippen LogP contribution is 2.04. The molecule has 0 saturated heterocycles. The van der Waals surface area contributed by atoms with Gasteiger partial charge in [-0.25, -0.2) is 4.68 Å². The van der Waals surface area contributed by atoms with Crippen molar-refractivity contribution in [3.8, 4) is 11.8 Å². The molecule has 0 amide bonds. The van der Waals surface area contributed by atoms with Crippen molar-refractivity contribution in [1.29, 1.82) is 0 Å². The molecule has 20 heavy (non-hydrogen) atoms. The summed E-state index contributed by atoms with van der Waals surface area (Å²) >= 11 is 0. The average Bonchev–Trinajstić information content (AvgIpc) is 2.45. The van der Waals surface area contributed by atoms with Crippen molar-refractivity contribution >= 4 is 0 Å². The fraction of sp³-hybridized carbons (Fsp3) is 0.200. The van der Waals surface area contributed by atoms with Gasteiger partial charge in [-0.05, 0) is 17.7 Å². The first-order valence-corrected chi connectivity index (χ1v) is 6.18. The fourth-order valence-electron chi connectivity index (χ4n) is 1.68. The van der Waals surface area contributed by atoms with Gasteiger partial charge in [-0.3, -0.25) is 14.7 Å². The summed E-state index contributed by atoms with van der Waals surface area (Å²) in [6.45, 7) is 0.356. The number of aliphatic hydroxyl groups is 1. The van der Waals surface area contributed by atoms with Gasteiger partial charge in [-0.1, -0.05) is 24.0 Å². The van der Waals surface area contributed by atoms with Crippen molar-refractivity contribution in [1.82, 2.24) is 9.78 Å². The maximum absolute atomic E-state index is 11.6. The zero-order valence-electron chi connectivity index (χ0n) is 10.8. The Morgan fingerprint density at radius 2 is 1.85 bits per heavy atom. The second-order valence-electron chi connectivity index (χ2n) is 4.21. The largest absolute Gasteiger partial charge is 0.395 e. The molecule has 0 aliphatic rings. The molecule has 0 aliphatic carbocycles. The summed E-state index contributed by atoms with van der Waals surface area (Å²) in [7, 11) is 0. The van der Waals surface area contributed by atoms with E-state index in [1.165, 1.54) is 16.8 Å². The quantitative estimate of drug-likeness (QED) is 0.789. The van der Waals surface area contributed by atoms with Gasteiger partial charge in [0.1, 0.15) is 0 Å². The summed E-state index contributed by atoms with van der Waals surface area (Å²) < 4.78 is 1.26. The molecule has 0 aliphatic heterocycles. The van der Waals surface area contributed by atoms with Crippen LogP contribution < -0.4 is 11.1 Å². The summed E-state index contributed by atoms with van der Waals surface area (Å²) in [6, 6.07) is 9.82. The van der Waals surface area contributed by atoms with Crippen LogP contribution in [-0.4, -0.2) is 21.5 Å². The molecule has 0 fully saturated rings. The minimum atomic E-state index is -0.309. The lowest BCUT2D eigenvalue weighted by Gasteiger charge is -2.04. The Kier molecular flexibility index (Phi) is 4.53. The number of aliphatic hydroxyl groups excluding tert-OH is 1. The molecule has 2 rings (SSSR count). The molecule has 2 aromatic rings. The molecule has 1 heterocycles. The van der Waals surface area contributed by atoms with Crippen molar-refractivity contribution in [2.75, 3.05) is 6.61 Å². The van der Waals surface area contributed by atoms with E-state index in [9.17, 15) is 9.59 Å². The highest BCUT2D eigenvalue weighted by atomic mass is 16.2. The van der Waals surface area contributed by atoms with E-state index in [1.807, 2.05) is 24.3 Å². The van der Waals surface area contributed by atoms with Crippen LogP contribution in [0.3, 0.4) is 0 Å². The van der Waals surface area contributed by atoms with Gasteiger partial charge in [0.15, 0.2) is 0 Å². The number of rotatable bonds is 3. The summed E-state index contributed by atoms with van der Waals surface area (Å²) in [5, 5.41) is 11.1. The van der Waals surface area contributed by atoms with E-state index in [4.69, 9.17) is 5.11 Å². The van der Waals surface area contributed by atoms with Crippen LogP contribution in [-0.2, 0) is 6.54 Å². The molecular formula is C15H14N2O3. The van der Waals surface area contributed by atoms with E-state index in [0.717, 1.165) is 11.1 Å². The lowest BCUT2D eigenvalue weighted by Crippen LogP contribution is -2.28. The number of hydrogen-bond acceptors (Lipinski definition) is 3. The molecular weight excluding hydrogens is 256 g/mol. The molecule has 2 N–H and O–H groups in total. The number of nitrogens with one attached hydrogen (secondary N) is 1. The molecule has 0 spiro atoms. The first-order chi connectivity index (χ1) is 9.69. The van der Waals surface area contributed by atoms with Gasteiger partial charge in [0, 0.05) is 24.1 Å². The molecule has 5 nitrogen and oxygen atoms in total. The van der Waals surface area contributed by atoms with E-state index in [1.54, 1.807) is 0 Å². The first kappa shape index (κ1) is 13.8. The molecule has 0 atom stereocenters. The summed E-state index contributed by atoms with van der Waals surface area (Å²) in [4.78, 5) is 22.7. The van der Waals surface area contributed by atoms with Gasteiger partial charge in [0.2, 0.25) is 0 Å². The zero-order valence-corrected chi connectivity index (χ0v) is 10.8. The van der Waals surface area contributed by atoms with Crippen LogP contribution in [0.1, 0.15) is 17.5 Å². The van der Waals surface area contributed by atoms with Gasteiger partial charge in [-0.15, -0.1) is 0 Å². The van der Waals surface area contributed by atoms with Crippen LogP contribution in [0.25, 0.3) is 0 Å². The molecule has 1 aromatic carbocycles. The Morgan fingerprint density at radius 3 is 2.55 bits per heavy atom. The number of hydrogen-bond donors (Lipinski definition) is 2. The number of H-pyrrole nitrogens is 1. The lowest BCUT2D eigenvalue weighted by atomic mass is 10.1. The number of benzene rings is 1. The van der Waals surface area contributed by atoms with Gasteiger partial charge in [-0.2, -0.15) is 0 Å². The summed E-state index contributed by atoms with van der Waals surface area (Å²) in [6.07, 6.45) is 0.447. The Labute approximate surface area is 115 Å². The minimum absolute atomic E-state index is 0.0510. The molecule has 1 aromatic heterocycles. The lowest BCUT2D eigenvalue weighted by molar-refractivity contribution is 0.305. The Bertz CT molecular complexity index is 745. The zero-order chi connectivity index (χ0) is 14.4. The van der Waals surface area contributed by atoms with Crippen molar-refractivity contribution < 1.29 is 5.11 Å². The van der Waals surface area contributed by atoms with Crippen LogP contribution in [0.15, 0.2) is 46.0 Å². The van der Waals surface area contributed by atoms with Gasteiger partial charge < -0.3 is 5.11 Å². The van der Waals surface area contributed by atoms with Gasteiger partial charge in [0.25, 0.3) is 11.1 Å². The Morgan fingerprint density at radius 1 is 1.10 bits per heavy atom. The second kappa shape index (κ2) is 6.55. The molecule has 102 valence electrons. The van der Waals surface area contributed by atoms with Crippen LogP contribution in [0, 0.1) is 11.8 Å². The molecule has 0 unspecified atom stereocenters. The molecule has 0 bridgehead atoms. The van der Waals surface area contributed by atoms with E-state index in [2.05, 4.69) is 16.9 Å². The number of aromatic amines is 1. The average molecular weight is 270 g/mol. The smallest absolute Gasteiger partial charge is 0.265 e. The van der Waals surface area contributed by atoms with Crippen LogP contribution >= 0.6 is 0 Å². The van der Waals surface area contributed by atoms with Crippen LogP contribution in [0.2, 0.25) is 0 Å². The Balaban J connectivity index is 2.15. The third-order valence-corrected chi connectivity index (χ3v) is 2.65. The number of aromatic nitrogens is 2. The maximum atomic E-state index is 11.6. The van der Waals surface area contributed by atoms with Crippen molar-refractivity contribution in [2.24, 2.45) is 0 Å². The first-order valence-electron chi connectivity index (χ1n) is 6.18. The van der Waals surface area contributed by atoms with Crippen molar-refractivity contribution in [3.05, 3.63) is 68.2 Å². The predicted octanol–water partition coefficient (Wildman–Crippen LogP) is 0.319. The fourth-order valence-corrected chi connectivity index (χ4v) is 1.68. The van der Waals surface area contributed by atoms with Crippen molar-refractivity contribution in [3.63, 3.8) is 0 Å². The number of nitrogens with zero attached hydrogens (tertiary/aromatic N) is 1. The summed E-state index contributed by atoms with van der Waals surface area (Å²) in [5.74, 6) is 5.76. The summed E-state index contributed by atoms with van der Waals surface area (Å²) in [5.41, 5.74) is 1.17. The van der Waals surface area contributed by atoms with E-state index in [-0.39, 0.29) is 17.7 Å². The van der Waals surface area contributed by atoms with Crippen LogP contribution in [0.5, 0.6) is 0 Å². The Hall–Kier alpha value is -2.58. The highest BCUT2D eigenvalue weighted by Gasteiger charge is 1.98. The maximum Gasteiger partial charge on any atom is 0.265 e. The monoisotopic (exact) mass is 270 g/mol. The standard InChI is InChI=1S/C15H14N2O3/c18-10-2-1-3-12-4-6-13(7-5-12)11-17-15(20)9-8-14(19)16-17/h4-9,18H,2,10-11H2,(H,16,19). The SMILES string of the molecule is O=c1ccc(=O)n(Cc2ccc(C#CCCO)cc2)[nH]1. The highest BCUT2D eigenvalue weighted by molar-refractivity contribution is 5.36. The minimum Gasteiger partial charge on any atom is -0.395 e. The van der Waals surface area contributed by atoms with E-state index in [0.29, 0.717) is 13.0 Å². The van der Waals surface area contributed by atoms with Gasteiger partial charge in [0.05, 0.1) is 13.2 Å². The molecule has 0 radical (unpaired) electrons. The van der Waals surface area contributed by atoms with E-state index < -0.39 is 0 Å². The second-order valence-corrected chi connectivity index (χ2v) is 4.21. The topological polar surface area (TPSA) is 75.1 Å². The third-order valence-electron chi connectivity index (χ3n) is 2.65. The third kappa shape index (κ3) is 3.70. The van der Waals surface area contributed by atoms with E-state index >= 15 is 0 Å². The van der Waals surface area contributed by atoms with Crippen molar-refractivity contribution in [2.45, 2.75) is 13.0 Å². The van der Waals surface area contributed by atoms with Crippen LogP contribution in [0.4, 0.5) is 0 Å². The van der Waals surface area contributed by atoms with Gasteiger partial charge >= 0.3 is 0 Å². The normalized spacial score (nSPS) is 9.85. The molecule has 0 saturated carbocycles.